The molecule has 0 saturated carbocycles. The van der Waals surface area contributed by atoms with Crippen LogP contribution >= 0.6 is 0 Å². The zero-order valence-corrected chi connectivity index (χ0v) is 20.7. The highest BCUT2D eigenvalue weighted by molar-refractivity contribution is 5.87. The van der Waals surface area contributed by atoms with Gasteiger partial charge in [0.1, 0.15) is 0 Å². The number of hydrogen-bond donors (Lipinski definition) is 1. The fraction of sp³-hybridized carbons (Fsp3) is 0.464. The number of aryl methyl sites for hydroxylation is 1. The minimum atomic E-state index is -0.110. The van der Waals surface area contributed by atoms with E-state index in [1.54, 1.807) is 24.2 Å². The molecule has 7 nitrogen and oxygen atoms in total. The van der Waals surface area contributed by atoms with Crippen molar-refractivity contribution in [3.8, 4) is 0 Å². The molecule has 0 fully saturated rings. The summed E-state index contributed by atoms with van der Waals surface area (Å²) in [5.74, 6) is 0.400. The van der Waals surface area contributed by atoms with Crippen LogP contribution < -0.4 is 10.2 Å². The summed E-state index contributed by atoms with van der Waals surface area (Å²) >= 11 is 0. The largest absolute Gasteiger partial charge is 0.355 e. The highest BCUT2D eigenvalue weighted by atomic mass is 16.2. The predicted octanol–water partition coefficient (Wildman–Crippen LogP) is 4.93. The highest BCUT2D eigenvalue weighted by Gasteiger charge is 2.27. The van der Waals surface area contributed by atoms with E-state index < -0.39 is 0 Å². The minimum absolute atomic E-state index is 0. The van der Waals surface area contributed by atoms with Crippen LogP contribution in [-0.2, 0) is 22.7 Å². The molecule has 2 aromatic carbocycles. The van der Waals surface area contributed by atoms with E-state index in [2.05, 4.69) is 36.1 Å². The van der Waals surface area contributed by atoms with Crippen LogP contribution in [0.1, 0.15) is 50.8 Å². The number of nitrogens with zero attached hydrogens (tertiary/aromatic N) is 4. The number of carbonyl (C=O) groups is 2. The van der Waals surface area contributed by atoms with Crippen LogP contribution in [0, 0.1) is 19.4 Å². The van der Waals surface area contributed by atoms with Gasteiger partial charge in [-0.3, -0.25) is 14.6 Å². The summed E-state index contributed by atoms with van der Waals surface area (Å²) in [5, 5.41) is 6.67. The molecule has 1 N–H and O–H groups in total. The number of likely N-dealkylation sites (N-methyl/N-ethyl adjacent to an activating group) is 1. The SMILES string of the molecule is C.[C-]#[N+]c1ccc(N(CC(=O)NCCCC(C)C)CC(=O)N(C)N2Cc3ccccc3C2)c(C)c1. The van der Waals surface area contributed by atoms with E-state index >= 15 is 0 Å². The van der Waals surface area contributed by atoms with Crippen LogP contribution in [0.2, 0.25) is 0 Å². The second-order valence-corrected chi connectivity index (χ2v) is 9.33. The van der Waals surface area contributed by atoms with E-state index in [9.17, 15) is 9.59 Å². The topological polar surface area (TPSA) is 60.3 Å². The first-order chi connectivity index (χ1) is 16.3. The summed E-state index contributed by atoms with van der Waals surface area (Å²) in [6.07, 6.45) is 1.99. The van der Waals surface area contributed by atoms with Gasteiger partial charge < -0.3 is 10.2 Å². The number of hydrazine groups is 1. The summed E-state index contributed by atoms with van der Waals surface area (Å²) in [4.78, 5) is 31.3. The molecule has 188 valence electrons. The molecule has 1 aliphatic rings. The maximum Gasteiger partial charge on any atom is 0.256 e. The number of nitrogens with one attached hydrogen (secondary N) is 1. The molecule has 0 spiro atoms. The van der Waals surface area contributed by atoms with E-state index in [1.165, 1.54) is 11.1 Å². The van der Waals surface area contributed by atoms with Crippen molar-refractivity contribution >= 4 is 23.2 Å². The smallest absolute Gasteiger partial charge is 0.256 e. The molecule has 0 radical (unpaired) electrons. The molecule has 0 unspecified atom stereocenters. The standard InChI is InChI=1S/C27H35N5O2.CH4/c1-20(2)9-8-14-29-26(33)18-31(25-13-12-24(28-4)15-21(25)3)19-27(34)30(5)32-16-22-10-6-7-11-23(22)17-32;/h6-7,10-13,15,20H,8-9,14,16-19H2,1-3,5H3,(H,29,33);1H4. The lowest BCUT2D eigenvalue weighted by molar-refractivity contribution is -0.145. The maximum atomic E-state index is 13.3. The zero-order chi connectivity index (χ0) is 24.7. The molecule has 0 saturated heterocycles. The van der Waals surface area contributed by atoms with Gasteiger partial charge in [-0.2, -0.15) is 0 Å². The third-order valence-electron chi connectivity index (χ3n) is 6.20. The van der Waals surface area contributed by atoms with Crippen molar-refractivity contribution in [3.63, 3.8) is 0 Å². The van der Waals surface area contributed by atoms with E-state index in [1.807, 2.05) is 35.0 Å². The Bertz CT molecular complexity index is 1030. The quantitative estimate of drug-likeness (QED) is 0.389. The predicted molar refractivity (Wildman–Crippen MR) is 142 cm³/mol. The van der Waals surface area contributed by atoms with Gasteiger partial charge in [-0.05, 0) is 48.4 Å². The van der Waals surface area contributed by atoms with Crippen molar-refractivity contribution in [1.29, 1.82) is 0 Å². The Hall–Kier alpha value is -3.37. The second kappa shape index (κ2) is 12.9. The molecule has 0 aliphatic carbocycles. The Balaban J connectivity index is 0.00000432. The van der Waals surface area contributed by atoms with Crippen molar-refractivity contribution in [3.05, 3.63) is 70.6 Å². The number of anilines is 1. The van der Waals surface area contributed by atoms with Crippen molar-refractivity contribution in [2.24, 2.45) is 5.92 Å². The summed E-state index contributed by atoms with van der Waals surface area (Å²) in [7, 11) is 1.79. The number of carbonyl (C=O) groups excluding carboxylic acids is 2. The van der Waals surface area contributed by atoms with Crippen molar-refractivity contribution in [2.45, 2.75) is 54.1 Å². The first-order valence-electron chi connectivity index (χ1n) is 11.9. The molecule has 35 heavy (non-hydrogen) atoms. The van der Waals surface area contributed by atoms with Gasteiger partial charge in [0.15, 0.2) is 5.69 Å². The lowest BCUT2D eigenvalue weighted by Crippen LogP contribution is -2.48. The fourth-order valence-corrected chi connectivity index (χ4v) is 4.21. The third-order valence-corrected chi connectivity index (χ3v) is 6.20. The van der Waals surface area contributed by atoms with Crippen LogP contribution in [0.25, 0.3) is 4.85 Å². The summed E-state index contributed by atoms with van der Waals surface area (Å²) in [5.41, 5.74) is 4.65. The van der Waals surface area contributed by atoms with E-state index in [0.717, 1.165) is 24.1 Å². The van der Waals surface area contributed by atoms with Gasteiger partial charge in [-0.1, -0.05) is 57.7 Å². The molecule has 1 heterocycles. The lowest BCUT2D eigenvalue weighted by atomic mass is 10.1. The Labute approximate surface area is 210 Å². The van der Waals surface area contributed by atoms with Gasteiger partial charge in [0.2, 0.25) is 5.91 Å². The fourth-order valence-electron chi connectivity index (χ4n) is 4.21. The van der Waals surface area contributed by atoms with Gasteiger partial charge >= 0.3 is 0 Å². The average molecular weight is 478 g/mol. The Morgan fingerprint density at radius 2 is 1.77 bits per heavy atom. The normalized spacial score (nSPS) is 12.5. The molecule has 7 heteroatoms. The molecule has 3 rings (SSSR count). The van der Waals surface area contributed by atoms with Crippen LogP contribution in [0.3, 0.4) is 0 Å². The molecule has 0 atom stereocenters. The summed E-state index contributed by atoms with van der Waals surface area (Å²) in [6.45, 7) is 15.7. The second-order valence-electron chi connectivity index (χ2n) is 9.33. The number of amides is 2. The third kappa shape index (κ3) is 7.56. The van der Waals surface area contributed by atoms with Gasteiger partial charge in [0.25, 0.3) is 5.91 Å². The molecule has 2 amide bonds. The van der Waals surface area contributed by atoms with E-state index in [-0.39, 0.29) is 32.3 Å². The first-order valence-corrected chi connectivity index (χ1v) is 11.9. The molecular weight excluding hydrogens is 438 g/mol. The Morgan fingerprint density at radius 3 is 2.34 bits per heavy atom. The number of benzene rings is 2. The molecule has 0 aromatic heterocycles. The number of rotatable bonds is 10. The Kier molecular flexibility index (Phi) is 10.3. The monoisotopic (exact) mass is 477 g/mol. The van der Waals surface area contributed by atoms with Crippen LogP contribution in [0.4, 0.5) is 11.4 Å². The van der Waals surface area contributed by atoms with Crippen molar-refractivity contribution in [2.75, 3.05) is 31.6 Å². The van der Waals surface area contributed by atoms with Crippen LogP contribution in [0.15, 0.2) is 42.5 Å². The maximum absolute atomic E-state index is 13.3. The minimum Gasteiger partial charge on any atom is -0.355 e. The van der Waals surface area contributed by atoms with Crippen molar-refractivity contribution in [1.82, 2.24) is 15.3 Å². The van der Waals surface area contributed by atoms with E-state index in [0.29, 0.717) is 31.2 Å². The highest BCUT2D eigenvalue weighted by Crippen LogP contribution is 2.26. The van der Waals surface area contributed by atoms with Crippen LogP contribution in [0.5, 0.6) is 0 Å². The van der Waals surface area contributed by atoms with Gasteiger partial charge in [0.05, 0.1) is 19.7 Å². The molecule has 1 aliphatic heterocycles. The van der Waals surface area contributed by atoms with Gasteiger partial charge in [-0.25, -0.2) is 9.85 Å². The molecular formula is C28H39N5O2. The van der Waals surface area contributed by atoms with Crippen LogP contribution in [-0.4, -0.2) is 48.5 Å². The number of hydrogen-bond acceptors (Lipinski definition) is 4. The van der Waals surface area contributed by atoms with Crippen molar-refractivity contribution < 1.29 is 9.59 Å². The number of fused-ring (bicyclic) bond motifs is 1. The first kappa shape index (κ1) is 27.9. The Morgan fingerprint density at radius 1 is 1.11 bits per heavy atom. The zero-order valence-electron chi connectivity index (χ0n) is 20.7. The van der Waals surface area contributed by atoms with Gasteiger partial charge in [-0.15, -0.1) is 0 Å². The average Bonchev–Trinajstić information content (AvgIpc) is 3.25. The molecule has 2 aromatic rings. The molecule has 0 bridgehead atoms. The van der Waals surface area contributed by atoms with Gasteiger partial charge in [0, 0.05) is 32.4 Å². The van der Waals surface area contributed by atoms with E-state index in [4.69, 9.17) is 6.57 Å². The summed E-state index contributed by atoms with van der Waals surface area (Å²) in [6, 6.07) is 13.6. The summed E-state index contributed by atoms with van der Waals surface area (Å²) < 4.78 is 0. The lowest BCUT2D eigenvalue weighted by Gasteiger charge is -2.32.